The summed E-state index contributed by atoms with van der Waals surface area (Å²) in [5, 5.41) is 9.21. The molecule has 3 aromatic heterocycles. The van der Waals surface area contributed by atoms with Crippen LogP contribution in [0.1, 0.15) is 6.42 Å². The molecule has 0 amide bonds. The summed E-state index contributed by atoms with van der Waals surface area (Å²) in [6.07, 6.45) is 8.52. The molecule has 1 N–H and O–H groups in total. The van der Waals surface area contributed by atoms with Crippen molar-refractivity contribution < 1.29 is 0 Å². The van der Waals surface area contributed by atoms with E-state index in [9.17, 15) is 0 Å². The quantitative estimate of drug-likeness (QED) is 0.455. The van der Waals surface area contributed by atoms with Crippen LogP contribution in [0.4, 0.5) is 5.82 Å². The molecule has 5 aromatic rings. The zero-order valence-corrected chi connectivity index (χ0v) is 15.4. The fourth-order valence-electron chi connectivity index (χ4n) is 3.49. The van der Waals surface area contributed by atoms with Gasteiger partial charge >= 0.3 is 0 Å². The van der Waals surface area contributed by atoms with E-state index in [4.69, 9.17) is 4.98 Å². The zero-order valence-electron chi connectivity index (χ0n) is 15.4. The van der Waals surface area contributed by atoms with Crippen molar-refractivity contribution in [2.45, 2.75) is 13.0 Å². The maximum absolute atomic E-state index is 4.94. The molecule has 3 heterocycles. The van der Waals surface area contributed by atoms with Crippen LogP contribution in [0.3, 0.4) is 0 Å². The van der Waals surface area contributed by atoms with Gasteiger partial charge in [0, 0.05) is 36.4 Å². The van der Waals surface area contributed by atoms with Gasteiger partial charge in [-0.15, -0.1) is 0 Å². The van der Waals surface area contributed by atoms with E-state index in [1.54, 1.807) is 6.20 Å². The van der Waals surface area contributed by atoms with Crippen LogP contribution < -0.4 is 5.32 Å². The van der Waals surface area contributed by atoms with Crippen LogP contribution in [-0.4, -0.2) is 30.7 Å². The van der Waals surface area contributed by atoms with Crippen molar-refractivity contribution in [3.8, 4) is 11.1 Å². The van der Waals surface area contributed by atoms with Crippen LogP contribution in [0.15, 0.2) is 79.5 Å². The van der Waals surface area contributed by atoms with Gasteiger partial charge in [-0.2, -0.15) is 5.10 Å². The molecule has 0 saturated carbocycles. The van der Waals surface area contributed by atoms with E-state index in [-0.39, 0.29) is 0 Å². The second-order valence-corrected chi connectivity index (χ2v) is 6.72. The Morgan fingerprint density at radius 1 is 0.964 bits per heavy atom. The second-order valence-electron chi connectivity index (χ2n) is 6.72. The SMILES string of the molecule is c1ccc(-c2cnn3c2nc(NCCCn2ccnc2)c2ccccc23)cc1. The highest BCUT2D eigenvalue weighted by atomic mass is 15.3. The Balaban J connectivity index is 1.51. The number of hydrogen-bond acceptors (Lipinski definition) is 4. The van der Waals surface area contributed by atoms with Gasteiger partial charge in [-0.25, -0.2) is 14.5 Å². The third-order valence-electron chi connectivity index (χ3n) is 4.88. The summed E-state index contributed by atoms with van der Waals surface area (Å²) in [6, 6.07) is 18.5. The van der Waals surface area contributed by atoms with Crippen molar-refractivity contribution in [2.24, 2.45) is 0 Å². The third kappa shape index (κ3) is 2.99. The first-order valence-corrected chi connectivity index (χ1v) is 9.42. The lowest BCUT2D eigenvalue weighted by Gasteiger charge is -2.11. The summed E-state index contributed by atoms with van der Waals surface area (Å²) >= 11 is 0. The predicted molar refractivity (Wildman–Crippen MR) is 111 cm³/mol. The number of aromatic nitrogens is 5. The Bertz CT molecular complexity index is 1210. The maximum Gasteiger partial charge on any atom is 0.165 e. The predicted octanol–water partition coefficient (Wildman–Crippen LogP) is 4.25. The summed E-state index contributed by atoms with van der Waals surface area (Å²) in [7, 11) is 0. The number of hydrogen-bond donors (Lipinski definition) is 1. The Kier molecular flexibility index (Phi) is 4.21. The Morgan fingerprint density at radius 3 is 2.68 bits per heavy atom. The smallest absolute Gasteiger partial charge is 0.165 e. The minimum absolute atomic E-state index is 0.833. The number of fused-ring (bicyclic) bond motifs is 3. The third-order valence-corrected chi connectivity index (χ3v) is 4.88. The second kappa shape index (κ2) is 7.15. The summed E-state index contributed by atoms with van der Waals surface area (Å²) in [6.45, 7) is 1.76. The number of nitrogens with one attached hydrogen (secondary N) is 1. The highest BCUT2D eigenvalue weighted by Gasteiger charge is 2.13. The van der Waals surface area contributed by atoms with E-state index in [0.29, 0.717) is 0 Å². The van der Waals surface area contributed by atoms with Crippen LogP contribution >= 0.6 is 0 Å². The lowest BCUT2D eigenvalue weighted by atomic mass is 10.1. The number of anilines is 1. The summed E-state index contributed by atoms with van der Waals surface area (Å²) in [4.78, 5) is 9.03. The normalized spacial score (nSPS) is 11.3. The molecule has 138 valence electrons. The first-order chi connectivity index (χ1) is 13.9. The molecule has 5 rings (SSSR count). The number of para-hydroxylation sites is 1. The van der Waals surface area contributed by atoms with Gasteiger partial charge in [0.15, 0.2) is 5.65 Å². The molecule has 28 heavy (non-hydrogen) atoms. The van der Waals surface area contributed by atoms with Crippen LogP contribution in [0.5, 0.6) is 0 Å². The number of imidazole rings is 1. The molecule has 2 aromatic carbocycles. The van der Waals surface area contributed by atoms with Crippen molar-refractivity contribution in [3.05, 3.63) is 79.5 Å². The standard InChI is InChI=1S/C22H20N6/c1-2-7-17(8-3-1)19-15-25-28-20-10-5-4-9-18(20)21(26-22(19)28)24-11-6-13-27-14-12-23-16-27/h1-5,7-10,12,14-16H,6,11,13H2,(H,24,26). The molecule has 6 heteroatoms. The van der Waals surface area contributed by atoms with Crippen molar-refractivity contribution in [3.63, 3.8) is 0 Å². The summed E-state index contributed by atoms with van der Waals surface area (Å²) in [5.41, 5.74) is 4.06. The van der Waals surface area contributed by atoms with Crippen molar-refractivity contribution in [1.82, 2.24) is 24.1 Å². The van der Waals surface area contributed by atoms with Crippen LogP contribution in [0.2, 0.25) is 0 Å². The highest BCUT2D eigenvalue weighted by Crippen LogP contribution is 2.29. The lowest BCUT2D eigenvalue weighted by Crippen LogP contribution is -2.08. The number of rotatable bonds is 6. The van der Waals surface area contributed by atoms with E-state index in [2.05, 4.69) is 44.2 Å². The Hall–Kier alpha value is -3.67. The van der Waals surface area contributed by atoms with Crippen molar-refractivity contribution in [1.29, 1.82) is 0 Å². The molecule has 0 spiro atoms. The van der Waals surface area contributed by atoms with E-state index < -0.39 is 0 Å². The van der Waals surface area contributed by atoms with Gasteiger partial charge in [0.1, 0.15) is 5.82 Å². The van der Waals surface area contributed by atoms with Gasteiger partial charge in [-0.3, -0.25) is 0 Å². The summed E-state index contributed by atoms with van der Waals surface area (Å²) in [5.74, 6) is 0.895. The Morgan fingerprint density at radius 2 is 1.82 bits per heavy atom. The molecular weight excluding hydrogens is 348 g/mol. The van der Waals surface area contributed by atoms with Crippen LogP contribution in [0, 0.1) is 0 Å². The Labute approximate surface area is 162 Å². The van der Waals surface area contributed by atoms with Crippen molar-refractivity contribution >= 4 is 22.4 Å². The molecule has 0 aliphatic heterocycles. The molecule has 0 fully saturated rings. The van der Waals surface area contributed by atoms with E-state index in [0.717, 1.165) is 53.0 Å². The fraction of sp³-hybridized carbons (Fsp3) is 0.136. The highest BCUT2D eigenvalue weighted by molar-refractivity contribution is 5.93. The topological polar surface area (TPSA) is 60.0 Å². The molecule has 0 aliphatic rings. The number of aryl methyl sites for hydroxylation is 1. The molecule has 0 saturated heterocycles. The largest absolute Gasteiger partial charge is 0.369 e. The lowest BCUT2D eigenvalue weighted by molar-refractivity contribution is 0.660. The van der Waals surface area contributed by atoms with Crippen LogP contribution in [-0.2, 0) is 6.54 Å². The first kappa shape index (κ1) is 16.5. The van der Waals surface area contributed by atoms with E-state index in [1.807, 2.05) is 53.6 Å². The number of benzene rings is 2. The minimum Gasteiger partial charge on any atom is -0.369 e. The fourth-order valence-corrected chi connectivity index (χ4v) is 3.49. The average molecular weight is 368 g/mol. The summed E-state index contributed by atoms with van der Waals surface area (Å²) < 4.78 is 4.01. The van der Waals surface area contributed by atoms with E-state index >= 15 is 0 Å². The first-order valence-electron chi connectivity index (χ1n) is 9.42. The van der Waals surface area contributed by atoms with E-state index in [1.165, 1.54) is 0 Å². The molecule has 0 bridgehead atoms. The molecule has 0 radical (unpaired) electrons. The zero-order chi connectivity index (χ0) is 18.8. The molecule has 6 nitrogen and oxygen atoms in total. The molecular formula is C22H20N6. The molecule has 0 aliphatic carbocycles. The maximum atomic E-state index is 4.94. The monoisotopic (exact) mass is 368 g/mol. The molecule has 0 atom stereocenters. The average Bonchev–Trinajstić information content (AvgIpc) is 3.42. The molecule has 0 unspecified atom stereocenters. The van der Waals surface area contributed by atoms with Gasteiger partial charge in [0.2, 0.25) is 0 Å². The van der Waals surface area contributed by atoms with Crippen LogP contribution in [0.25, 0.3) is 27.7 Å². The number of nitrogens with zero attached hydrogens (tertiary/aromatic N) is 5. The van der Waals surface area contributed by atoms with Gasteiger partial charge < -0.3 is 9.88 Å². The van der Waals surface area contributed by atoms with Gasteiger partial charge in [0.05, 0.1) is 18.0 Å². The van der Waals surface area contributed by atoms with Gasteiger partial charge in [0.25, 0.3) is 0 Å². The van der Waals surface area contributed by atoms with Crippen molar-refractivity contribution in [2.75, 3.05) is 11.9 Å². The van der Waals surface area contributed by atoms with Gasteiger partial charge in [-0.1, -0.05) is 42.5 Å². The minimum atomic E-state index is 0.833. The van der Waals surface area contributed by atoms with Gasteiger partial charge in [-0.05, 0) is 24.1 Å².